The number of hydrogen-bond donors (Lipinski definition) is 1. The molecule has 3 aromatic carbocycles. The Morgan fingerprint density at radius 3 is 2.25 bits per heavy atom. The lowest BCUT2D eigenvalue weighted by Gasteiger charge is -2.33. The molecule has 1 fully saturated rings. The maximum Gasteiger partial charge on any atom is 0.243 e. The fourth-order valence-corrected chi connectivity index (χ4v) is 6.92. The number of rotatable bonds is 13. The van der Waals surface area contributed by atoms with E-state index in [2.05, 4.69) is 5.32 Å². The van der Waals surface area contributed by atoms with Crippen molar-refractivity contribution in [2.24, 2.45) is 0 Å². The average molecular weight is 659 g/mol. The molecule has 1 atom stereocenters. The monoisotopic (exact) mass is 657 g/mol. The molecule has 1 saturated carbocycles. The quantitative estimate of drug-likeness (QED) is 0.218. The topological polar surface area (TPSA) is 86.8 Å². The van der Waals surface area contributed by atoms with Crippen LogP contribution in [0.2, 0.25) is 10.0 Å². The predicted molar refractivity (Wildman–Crippen MR) is 179 cm³/mol. The number of anilines is 1. The van der Waals surface area contributed by atoms with Gasteiger partial charge >= 0.3 is 0 Å². The minimum absolute atomic E-state index is 0.0557. The number of carbonyl (C=O) groups is 2. The van der Waals surface area contributed by atoms with E-state index >= 15 is 0 Å². The Morgan fingerprint density at radius 2 is 1.61 bits per heavy atom. The Labute approximate surface area is 271 Å². The van der Waals surface area contributed by atoms with Gasteiger partial charge in [-0.1, -0.05) is 78.5 Å². The number of nitrogens with one attached hydrogen (secondary N) is 1. The molecule has 0 heterocycles. The molecule has 10 heteroatoms. The lowest BCUT2D eigenvalue weighted by Crippen LogP contribution is -2.52. The van der Waals surface area contributed by atoms with Gasteiger partial charge in [-0.05, 0) is 79.6 Å². The molecule has 1 aliphatic rings. The van der Waals surface area contributed by atoms with Crippen molar-refractivity contribution in [1.82, 2.24) is 10.2 Å². The SMILES string of the molecule is Cc1ccc(N(CCCC(=O)N(Cc2ccc(Cl)c(Cl)c2)[C@H](Cc2ccccc2)C(=O)NC2CCCC2)S(C)(=O)=O)cc1C. The molecule has 1 N–H and O–H groups in total. The van der Waals surface area contributed by atoms with Gasteiger partial charge in [-0.3, -0.25) is 13.9 Å². The summed E-state index contributed by atoms with van der Waals surface area (Å²) in [5.74, 6) is -0.436. The van der Waals surface area contributed by atoms with E-state index in [1.165, 1.54) is 10.6 Å². The lowest BCUT2D eigenvalue weighted by atomic mass is 10.0. The molecule has 0 unspecified atom stereocenters. The molecule has 3 aromatic rings. The molecule has 0 saturated heterocycles. The first kappa shape index (κ1) is 33.8. The predicted octanol–water partition coefficient (Wildman–Crippen LogP) is 6.86. The van der Waals surface area contributed by atoms with Crippen LogP contribution in [0.4, 0.5) is 5.69 Å². The summed E-state index contributed by atoms with van der Waals surface area (Å²) in [6, 6.07) is 19.7. The summed E-state index contributed by atoms with van der Waals surface area (Å²) < 4.78 is 26.9. The second-order valence-corrected chi connectivity index (χ2v) is 14.4. The Bertz CT molecular complexity index is 1560. The third-order valence-corrected chi connectivity index (χ3v) is 10.2. The van der Waals surface area contributed by atoms with E-state index in [1.54, 1.807) is 29.2 Å². The van der Waals surface area contributed by atoms with Crippen LogP contribution in [0.15, 0.2) is 66.7 Å². The molecule has 4 rings (SSSR count). The van der Waals surface area contributed by atoms with Crippen molar-refractivity contribution in [3.8, 4) is 0 Å². The van der Waals surface area contributed by atoms with Gasteiger partial charge in [-0.2, -0.15) is 0 Å². The van der Waals surface area contributed by atoms with Gasteiger partial charge in [0.15, 0.2) is 0 Å². The second-order valence-electron chi connectivity index (χ2n) is 11.7. The van der Waals surface area contributed by atoms with Crippen LogP contribution in [0.1, 0.15) is 60.8 Å². The van der Waals surface area contributed by atoms with Crippen molar-refractivity contribution in [2.75, 3.05) is 17.1 Å². The molecule has 2 amide bonds. The van der Waals surface area contributed by atoms with Crippen molar-refractivity contribution < 1.29 is 18.0 Å². The number of amides is 2. The second kappa shape index (κ2) is 15.3. The minimum atomic E-state index is -3.59. The number of hydrogen-bond acceptors (Lipinski definition) is 4. The van der Waals surface area contributed by atoms with Crippen LogP contribution < -0.4 is 9.62 Å². The van der Waals surface area contributed by atoms with Crippen molar-refractivity contribution >= 4 is 50.7 Å². The normalized spacial score (nSPS) is 14.3. The lowest BCUT2D eigenvalue weighted by molar-refractivity contribution is -0.141. The maximum atomic E-state index is 14.1. The molecule has 0 bridgehead atoms. The molecule has 0 spiro atoms. The Kier molecular flexibility index (Phi) is 11.7. The molecule has 44 heavy (non-hydrogen) atoms. The van der Waals surface area contributed by atoms with Crippen molar-refractivity contribution in [1.29, 1.82) is 0 Å². The fourth-order valence-electron chi connectivity index (χ4n) is 5.64. The zero-order valence-corrected chi connectivity index (χ0v) is 27.9. The van der Waals surface area contributed by atoms with Crippen molar-refractivity contribution in [2.45, 2.75) is 77.4 Å². The third kappa shape index (κ3) is 9.22. The van der Waals surface area contributed by atoms with Gasteiger partial charge in [-0.25, -0.2) is 8.42 Å². The number of sulfonamides is 1. The molecule has 236 valence electrons. The maximum absolute atomic E-state index is 14.1. The Morgan fingerprint density at radius 1 is 0.909 bits per heavy atom. The summed E-state index contributed by atoms with van der Waals surface area (Å²) in [5.41, 5.74) is 4.29. The van der Waals surface area contributed by atoms with Crippen LogP contribution >= 0.6 is 23.2 Å². The van der Waals surface area contributed by atoms with E-state index in [9.17, 15) is 18.0 Å². The average Bonchev–Trinajstić information content (AvgIpc) is 3.49. The highest BCUT2D eigenvalue weighted by atomic mass is 35.5. The summed E-state index contributed by atoms with van der Waals surface area (Å²) in [7, 11) is -3.59. The Balaban J connectivity index is 1.61. The zero-order chi connectivity index (χ0) is 31.9. The minimum Gasteiger partial charge on any atom is -0.352 e. The highest BCUT2D eigenvalue weighted by Gasteiger charge is 2.32. The largest absolute Gasteiger partial charge is 0.352 e. The van der Waals surface area contributed by atoms with Crippen molar-refractivity contribution in [3.05, 3.63) is 99.0 Å². The van der Waals surface area contributed by atoms with E-state index in [0.717, 1.165) is 47.9 Å². The summed E-state index contributed by atoms with van der Waals surface area (Å²) in [6.45, 7) is 4.19. The summed E-state index contributed by atoms with van der Waals surface area (Å²) in [6.07, 6.45) is 5.82. The van der Waals surface area contributed by atoms with E-state index in [4.69, 9.17) is 23.2 Å². The van der Waals surface area contributed by atoms with Crippen LogP contribution in [0.25, 0.3) is 0 Å². The highest BCUT2D eigenvalue weighted by Crippen LogP contribution is 2.26. The van der Waals surface area contributed by atoms with Crippen LogP contribution in [-0.4, -0.2) is 50.0 Å². The third-order valence-electron chi connectivity index (χ3n) is 8.24. The number of halogens is 2. The van der Waals surface area contributed by atoms with Crippen LogP contribution in [0.3, 0.4) is 0 Å². The van der Waals surface area contributed by atoms with E-state index in [1.807, 2.05) is 56.3 Å². The summed E-state index contributed by atoms with van der Waals surface area (Å²) >= 11 is 12.5. The van der Waals surface area contributed by atoms with Gasteiger partial charge in [0.2, 0.25) is 21.8 Å². The smallest absolute Gasteiger partial charge is 0.243 e. The van der Waals surface area contributed by atoms with Crippen LogP contribution in [0, 0.1) is 13.8 Å². The van der Waals surface area contributed by atoms with Gasteiger partial charge in [0.05, 0.1) is 22.0 Å². The molecular formula is C34H41Cl2N3O4S. The van der Waals surface area contributed by atoms with Gasteiger partial charge in [0, 0.05) is 32.0 Å². The van der Waals surface area contributed by atoms with Crippen LogP contribution in [0.5, 0.6) is 0 Å². The standard InChI is InChI=1S/C34H41Cl2N3O4S/c1-24-15-17-29(20-25(24)2)39(44(3,42)43)19-9-14-33(40)38(23-27-16-18-30(35)31(36)21-27)32(22-26-10-5-4-6-11-26)34(41)37-28-12-7-8-13-28/h4-6,10-11,15-18,20-21,28,32H,7-9,12-14,19,22-23H2,1-3H3,(H,37,41)/t32-/m1/s1. The number of nitrogens with zero attached hydrogens (tertiary/aromatic N) is 2. The molecular weight excluding hydrogens is 617 g/mol. The highest BCUT2D eigenvalue weighted by molar-refractivity contribution is 7.92. The number of benzene rings is 3. The number of aryl methyl sites for hydroxylation is 2. The van der Waals surface area contributed by atoms with Crippen LogP contribution in [-0.2, 0) is 32.6 Å². The molecule has 0 aromatic heterocycles. The first-order valence-electron chi connectivity index (χ1n) is 15.0. The van der Waals surface area contributed by atoms with E-state index in [-0.39, 0.29) is 43.8 Å². The summed E-state index contributed by atoms with van der Waals surface area (Å²) in [4.78, 5) is 29.5. The fraction of sp³-hybridized carbons (Fsp3) is 0.412. The van der Waals surface area contributed by atoms with Gasteiger partial charge in [0.1, 0.15) is 6.04 Å². The first-order valence-corrected chi connectivity index (χ1v) is 17.7. The van der Waals surface area contributed by atoms with Gasteiger partial charge < -0.3 is 10.2 Å². The number of carbonyl (C=O) groups excluding carboxylic acids is 2. The molecule has 0 radical (unpaired) electrons. The van der Waals surface area contributed by atoms with E-state index in [0.29, 0.717) is 22.2 Å². The molecule has 7 nitrogen and oxygen atoms in total. The first-order chi connectivity index (χ1) is 20.9. The van der Waals surface area contributed by atoms with Gasteiger partial charge in [0.25, 0.3) is 0 Å². The van der Waals surface area contributed by atoms with E-state index < -0.39 is 16.1 Å². The Hall–Kier alpha value is -3.07. The van der Waals surface area contributed by atoms with Crippen molar-refractivity contribution in [3.63, 3.8) is 0 Å². The van der Waals surface area contributed by atoms with Gasteiger partial charge in [-0.15, -0.1) is 0 Å². The molecule has 1 aliphatic carbocycles. The zero-order valence-electron chi connectivity index (χ0n) is 25.6. The summed E-state index contributed by atoms with van der Waals surface area (Å²) in [5, 5.41) is 3.97. The molecule has 0 aliphatic heterocycles.